The number of hydrogen-bond donors (Lipinski definition) is 0. The summed E-state index contributed by atoms with van der Waals surface area (Å²) in [6.07, 6.45) is -1.08. The molecule has 152 valence electrons. The number of alkyl halides is 2. The molecule has 3 heterocycles. The van der Waals surface area contributed by atoms with E-state index < -0.39 is 17.6 Å². The van der Waals surface area contributed by atoms with E-state index >= 15 is 0 Å². The standard InChI is InChI=1S/C20H19F2N3O4/c21-20(22)18(27)25(16-6-2-1-3-7-16)13-19(29-20)12-24(9-10-28-14-19)17(26)15-5-4-8-23-11-15/h1-8,11H,9-10,12-14H2. The van der Waals surface area contributed by atoms with Gasteiger partial charge in [0.2, 0.25) is 0 Å². The van der Waals surface area contributed by atoms with Crippen LogP contribution in [-0.4, -0.2) is 66.3 Å². The number of ether oxygens (including phenoxy) is 2. The van der Waals surface area contributed by atoms with Crippen molar-refractivity contribution in [3.63, 3.8) is 0 Å². The number of carbonyl (C=O) groups is 2. The molecule has 1 unspecified atom stereocenters. The summed E-state index contributed by atoms with van der Waals surface area (Å²) in [5.41, 5.74) is -0.904. The zero-order valence-corrected chi connectivity index (χ0v) is 15.5. The van der Waals surface area contributed by atoms with Gasteiger partial charge in [0.25, 0.3) is 5.91 Å². The lowest BCUT2D eigenvalue weighted by Gasteiger charge is -2.45. The molecule has 2 fully saturated rings. The van der Waals surface area contributed by atoms with E-state index in [0.717, 1.165) is 4.90 Å². The number of aromatic nitrogens is 1. The number of morpholine rings is 1. The van der Waals surface area contributed by atoms with Crippen molar-refractivity contribution in [3.05, 3.63) is 60.4 Å². The molecule has 0 saturated carbocycles. The first-order valence-corrected chi connectivity index (χ1v) is 9.12. The quantitative estimate of drug-likeness (QED) is 0.767. The van der Waals surface area contributed by atoms with Gasteiger partial charge in [-0.15, -0.1) is 0 Å². The molecule has 0 radical (unpaired) electrons. The third-order valence-electron chi connectivity index (χ3n) is 4.90. The Hall–Kier alpha value is -2.91. The van der Waals surface area contributed by atoms with Gasteiger partial charge in [-0.05, 0) is 24.3 Å². The van der Waals surface area contributed by atoms with Crippen LogP contribution in [0.1, 0.15) is 10.4 Å². The molecule has 1 spiro atoms. The maximum atomic E-state index is 14.6. The van der Waals surface area contributed by atoms with Crippen molar-refractivity contribution in [2.24, 2.45) is 0 Å². The highest BCUT2D eigenvalue weighted by molar-refractivity contribution is 5.98. The van der Waals surface area contributed by atoms with Gasteiger partial charge in [0.05, 0.1) is 31.9 Å². The average Bonchev–Trinajstić information content (AvgIpc) is 2.93. The van der Waals surface area contributed by atoms with E-state index in [-0.39, 0.29) is 38.8 Å². The Morgan fingerprint density at radius 3 is 2.62 bits per heavy atom. The molecule has 2 saturated heterocycles. The van der Waals surface area contributed by atoms with Gasteiger partial charge in [0, 0.05) is 24.6 Å². The van der Waals surface area contributed by atoms with Crippen molar-refractivity contribution in [3.8, 4) is 0 Å². The molecule has 4 rings (SSSR count). The van der Waals surface area contributed by atoms with Crippen LogP contribution in [0.5, 0.6) is 0 Å². The lowest BCUT2D eigenvalue weighted by molar-refractivity contribution is -0.293. The summed E-state index contributed by atoms with van der Waals surface area (Å²) in [7, 11) is 0. The van der Waals surface area contributed by atoms with Crippen LogP contribution in [0, 0.1) is 0 Å². The number of carbonyl (C=O) groups excluding carboxylic acids is 2. The molecule has 1 aromatic carbocycles. The van der Waals surface area contributed by atoms with Gasteiger partial charge in [0.1, 0.15) is 5.60 Å². The Bertz CT molecular complexity index is 897. The molecule has 7 nitrogen and oxygen atoms in total. The van der Waals surface area contributed by atoms with Crippen molar-refractivity contribution < 1.29 is 27.8 Å². The lowest BCUT2D eigenvalue weighted by Crippen LogP contribution is -2.66. The molecule has 0 N–H and O–H groups in total. The van der Waals surface area contributed by atoms with Crippen LogP contribution in [0.25, 0.3) is 0 Å². The van der Waals surface area contributed by atoms with Gasteiger partial charge in [-0.3, -0.25) is 19.3 Å². The summed E-state index contributed by atoms with van der Waals surface area (Å²) >= 11 is 0. The molecule has 1 atom stereocenters. The number of halogens is 2. The fraction of sp³-hybridized carbons (Fsp3) is 0.350. The van der Waals surface area contributed by atoms with Gasteiger partial charge in [0.15, 0.2) is 0 Å². The van der Waals surface area contributed by atoms with Crippen LogP contribution in [0.2, 0.25) is 0 Å². The number of pyridine rings is 1. The lowest BCUT2D eigenvalue weighted by atomic mass is 10.00. The second-order valence-electron chi connectivity index (χ2n) is 7.05. The van der Waals surface area contributed by atoms with E-state index in [0.29, 0.717) is 11.3 Å². The molecular formula is C20H19F2N3O4. The first-order valence-electron chi connectivity index (χ1n) is 9.12. The molecular weight excluding hydrogens is 384 g/mol. The highest BCUT2D eigenvalue weighted by Crippen LogP contribution is 2.36. The normalized spacial score (nSPS) is 24.4. The fourth-order valence-corrected chi connectivity index (χ4v) is 3.59. The molecule has 0 bridgehead atoms. The van der Waals surface area contributed by atoms with Crippen LogP contribution < -0.4 is 4.90 Å². The smallest absolute Gasteiger partial charge is 0.376 e. The van der Waals surface area contributed by atoms with Gasteiger partial charge in [-0.1, -0.05) is 18.2 Å². The predicted octanol–water partition coefficient (Wildman–Crippen LogP) is 1.95. The summed E-state index contributed by atoms with van der Waals surface area (Å²) < 4.78 is 39.6. The van der Waals surface area contributed by atoms with E-state index in [4.69, 9.17) is 9.47 Å². The number of hydrogen-bond acceptors (Lipinski definition) is 5. The largest absolute Gasteiger partial charge is 0.437 e. The molecule has 2 amide bonds. The van der Waals surface area contributed by atoms with Crippen molar-refractivity contribution in [2.45, 2.75) is 11.7 Å². The number of rotatable bonds is 2. The van der Waals surface area contributed by atoms with E-state index in [1.54, 1.807) is 42.5 Å². The molecule has 0 aliphatic carbocycles. The molecule has 29 heavy (non-hydrogen) atoms. The first-order chi connectivity index (χ1) is 13.9. The third-order valence-corrected chi connectivity index (χ3v) is 4.90. The summed E-state index contributed by atoms with van der Waals surface area (Å²) in [6.45, 7) is -0.100. The van der Waals surface area contributed by atoms with Crippen LogP contribution in [0.3, 0.4) is 0 Å². The number of benzene rings is 1. The van der Waals surface area contributed by atoms with Gasteiger partial charge < -0.3 is 14.5 Å². The summed E-state index contributed by atoms with van der Waals surface area (Å²) in [5.74, 6) is -1.80. The summed E-state index contributed by atoms with van der Waals surface area (Å²) in [6, 6.07) is 11.4. The maximum absolute atomic E-state index is 14.6. The fourth-order valence-electron chi connectivity index (χ4n) is 3.59. The minimum absolute atomic E-state index is 0.146. The number of nitrogens with zero attached hydrogens (tertiary/aromatic N) is 3. The summed E-state index contributed by atoms with van der Waals surface area (Å²) in [4.78, 5) is 31.5. The van der Waals surface area contributed by atoms with Crippen molar-refractivity contribution >= 4 is 17.5 Å². The SMILES string of the molecule is O=C(c1cccnc1)N1CCOCC2(C1)CN(c1ccccc1)C(=O)C(F)(F)O2. The topological polar surface area (TPSA) is 72.0 Å². The van der Waals surface area contributed by atoms with E-state index in [1.807, 2.05) is 0 Å². The van der Waals surface area contributed by atoms with E-state index in [1.165, 1.54) is 17.3 Å². The van der Waals surface area contributed by atoms with Gasteiger partial charge in [-0.25, -0.2) is 0 Å². The van der Waals surface area contributed by atoms with Crippen molar-refractivity contribution in [2.75, 3.05) is 37.7 Å². The Kier molecular flexibility index (Phi) is 5.01. The Morgan fingerprint density at radius 2 is 1.90 bits per heavy atom. The Labute approximate surface area is 165 Å². The average molecular weight is 403 g/mol. The zero-order chi connectivity index (χ0) is 20.5. The Morgan fingerprint density at radius 1 is 1.10 bits per heavy atom. The molecule has 2 aromatic rings. The van der Waals surface area contributed by atoms with Crippen LogP contribution in [0.4, 0.5) is 14.5 Å². The third kappa shape index (κ3) is 3.83. The number of para-hydroxylation sites is 1. The number of amides is 2. The van der Waals surface area contributed by atoms with Gasteiger partial charge >= 0.3 is 12.0 Å². The molecule has 2 aliphatic rings. The molecule has 1 aromatic heterocycles. The predicted molar refractivity (Wildman–Crippen MR) is 98.5 cm³/mol. The van der Waals surface area contributed by atoms with Gasteiger partial charge in [-0.2, -0.15) is 8.78 Å². The minimum atomic E-state index is -4.04. The second-order valence-corrected chi connectivity index (χ2v) is 7.05. The first kappa shape index (κ1) is 19.4. The van der Waals surface area contributed by atoms with Crippen LogP contribution in [-0.2, 0) is 14.3 Å². The maximum Gasteiger partial charge on any atom is 0.437 e. The highest BCUT2D eigenvalue weighted by Gasteiger charge is 2.58. The van der Waals surface area contributed by atoms with Crippen LogP contribution in [0.15, 0.2) is 54.9 Å². The van der Waals surface area contributed by atoms with Crippen molar-refractivity contribution in [1.29, 1.82) is 0 Å². The Balaban J connectivity index is 1.65. The highest BCUT2D eigenvalue weighted by atomic mass is 19.3. The second kappa shape index (κ2) is 7.49. The van der Waals surface area contributed by atoms with Crippen molar-refractivity contribution in [1.82, 2.24) is 9.88 Å². The number of anilines is 1. The van der Waals surface area contributed by atoms with E-state index in [9.17, 15) is 18.4 Å². The van der Waals surface area contributed by atoms with Crippen LogP contribution >= 0.6 is 0 Å². The molecule has 2 aliphatic heterocycles. The monoisotopic (exact) mass is 403 g/mol. The minimum Gasteiger partial charge on any atom is -0.376 e. The molecule has 9 heteroatoms. The van der Waals surface area contributed by atoms with E-state index in [2.05, 4.69) is 4.98 Å². The zero-order valence-electron chi connectivity index (χ0n) is 15.5. The summed E-state index contributed by atoms with van der Waals surface area (Å²) in [5, 5.41) is 0.